The third kappa shape index (κ3) is 4.58. The Balaban J connectivity index is 0.00000200. The molecule has 1 amide bonds. The third-order valence-corrected chi connectivity index (χ3v) is 4.73. The fourth-order valence-corrected chi connectivity index (χ4v) is 3.24. The van der Waals surface area contributed by atoms with Crippen molar-refractivity contribution in [1.82, 2.24) is 14.5 Å². The van der Waals surface area contributed by atoms with E-state index in [1.165, 1.54) is 12.8 Å². The normalized spacial score (nSPS) is 26.7. The van der Waals surface area contributed by atoms with E-state index in [0.717, 1.165) is 18.7 Å². The van der Waals surface area contributed by atoms with Crippen LogP contribution in [-0.4, -0.2) is 70.2 Å². The van der Waals surface area contributed by atoms with Gasteiger partial charge in [-0.3, -0.25) is 4.79 Å². The Bertz CT molecular complexity index is 441. The summed E-state index contributed by atoms with van der Waals surface area (Å²) in [6.07, 6.45) is 3.59. The van der Waals surface area contributed by atoms with Crippen LogP contribution in [0, 0.1) is 11.8 Å². The second-order valence-corrected chi connectivity index (χ2v) is 7.76. The van der Waals surface area contributed by atoms with Crippen molar-refractivity contribution in [2.24, 2.45) is 11.8 Å². The van der Waals surface area contributed by atoms with Crippen molar-refractivity contribution < 1.29 is 13.2 Å². The molecule has 0 unspecified atom stereocenters. The van der Waals surface area contributed by atoms with E-state index in [1.807, 2.05) is 14.1 Å². The fraction of sp³-hybridized carbons (Fsp3) is 0.917. The van der Waals surface area contributed by atoms with Gasteiger partial charge in [-0.2, -0.15) is 0 Å². The molecule has 2 atom stereocenters. The Morgan fingerprint density at radius 1 is 1.30 bits per heavy atom. The van der Waals surface area contributed by atoms with Crippen LogP contribution < -0.4 is 4.72 Å². The molecule has 2 rings (SSSR count). The average molecular weight is 326 g/mol. The van der Waals surface area contributed by atoms with Crippen LogP contribution in [0.5, 0.6) is 0 Å². The molecule has 1 saturated heterocycles. The first kappa shape index (κ1) is 17.7. The van der Waals surface area contributed by atoms with E-state index >= 15 is 0 Å². The van der Waals surface area contributed by atoms with Crippen molar-refractivity contribution in [3.8, 4) is 0 Å². The Kier molecular flexibility index (Phi) is 5.83. The average Bonchev–Trinajstić information content (AvgIpc) is 3.03. The predicted octanol–water partition coefficient (Wildman–Crippen LogP) is -0.244. The summed E-state index contributed by atoms with van der Waals surface area (Å²) >= 11 is 0. The quantitative estimate of drug-likeness (QED) is 0.757. The van der Waals surface area contributed by atoms with E-state index in [4.69, 9.17) is 0 Å². The smallest absolute Gasteiger partial charge is 0.237 e. The molecular weight excluding hydrogens is 302 g/mol. The van der Waals surface area contributed by atoms with Gasteiger partial charge in [0.25, 0.3) is 0 Å². The minimum atomic E-state index is -3.30. The molecular formula is C12H24ClN3O3S. The van der Waals surface area contributed by atoms with Crippen molar-refractivity contribution in [3.05, 3.63) is 0 Å². The van der Waals surface area contributed by atoms with Crippen molar-refractivity contribution in [2.45, 2.75) is 18.9 Å². The lowest BCUT2D eigenvalue weighted by Gasteiger charge is -2.24. The van der Waals surface area contributed by atoms with Crippen LogP contribution in [0.1, 0.15) is 12.8 Å². The molecule has 1 aliphatic carbocycles. The van der Waals surface area contributed by atoms with Crippen LogP contribution in [-0.2, 0) is 14.8 Å². The van der Waals surface area contributed by atoms with Crippen molar-refractivity contribution in [1.29, 1.82) is 0 Å². The highest BCUT2D eigenvalue weighted by Crippen LogP contribution is 2.42. The van der Waals surface area contributed by atoms with Gasteiger partial charge >= 0.3 is 0 Å². The molecule has 0 aromatic rings. The van der Waals surface area contributed by atoms with Crippen LogP contribution in [0.15, 0.2) is 0 Å². The summed E-state index contributed by atoms with van der Waals surface area (Å²) in [5, 5.41) is 0. The first-order chi connectivity index (χ1) is 8.78. The first-order valence-electron chi connectivity index (χ1n) is 6.67. The first-order valence-corrected chi connectivity index (χ1v) is 8.56. The number of carbonyl (C=O) groups excluding carboxylic acids is 1. The lowest BCUT2D eigenvalue weighted by molar-refractivity contribution is -0.129. The second kappa shape index (κ2) is 6.60. The van der Waals surface area contributed by atoms with E-state index < -0.39 is 10.0 Å². The maximum atomic E-state index is 12.0. The van der Waals surface area contributed by atoms with E-state index in [0.29, 0.717) is 18.5 Å². The fourth-order valence-electron chi connectivity index (χ4n) is 2.85. The van der Waals surface area contributed by atoms with Crippen LogP contribution in [0.2, 0.25) is 0 Å². The number of likely N-dealkylation sites (tertiary alicyclic amines) is 1. The summed E-state index contributed by atoms with van der Waals surface area (Å²) in [4.78, 5) is 16.0. The number of likely N-dealkylation sites (N-methyl/N-ethyl adjacent to an activating group) is 1. The van der Waals surface area contributed by atoms with Crippen LogP contribution in [0.4, 0.5) is 0 Å². The van der Waals surface area contributed by atoms with Crippen molar-refractivity contribution in [2.75, 3.05) is 40.0 Å². The van der Waals surface area contributed by atoms with Gasteiger partial charge in [-0.1, -0.05) is 0 Å². The van der Waals surface area contributed by atoms with Crippen molar-refractivity contribution in [3.63, 3.8) is 0 Å². The summed E-state index contributed by atoms with van der Waals surface area (Å²) in [7, 11) is 0.785. The van der Waals surface area contributed by atoms with E-state index in [2.05, 4.69) is 9.62 Å². The Labute approximate surface area is 127 Å². The Hall–Kier alpha value is -0.370. The van der Waals surface area contributed by atoms with E-state index in [1.54, 1.807) is 4.90 Å². The molecule has 0 aromatic heterocycles. The second-order valence-electron chi connectivity index (χ2n) is 5.92. The number of hydrogen-bond acceptors (Lipinski definition) is 4. The summed E-state index contributed by atoms with van der Waals surface area (Å²) in [5.41, 5.74) is 0. The minimum Gasteiger partial charge on any atom is -0.340 e. The van der Waals surface area contributed by atoms with E-state index in [-0.39, 0.29) is 24.9 Å². The molecule has 0 spiro atoms. The maximum absolute atomic E-state index is 12.0. The summed E-state index contributed by atoms with van der Waals surface area (Å²) in [6, 6.07) is 0.398. The monoisotopic (exact) mass is 325 g/mol. The molecule has 0 radical (unpaired) electrons. The molecule has 20 heavy (non-hydrogen) atoms. The molecule has 6 nitrogen and oxygen atoms in total. The number of amides is 1. The zero-order chi connectivity index (χ0) is 14.2. The van der Waals surface area contributed by atoms with Crippen LogP contribution in [0.3, 0.4) is 0 Å². The van der Waals surface area contributed by atoms with E-state index in [9.17, 15) is 13.2 Å². The Morgan fingerprint density at radius 3 is 2.35 bits per heavy atom. The number of nitrogens with zero attached hydrogens (tertiary/aromatic N) is 2. The predicted molar refractivity (Wildman–Crippen MR) is 80.4 cm³/mol. The number of rotatable bonds is 5. The lowest BCUT2D eigenvalue weighted by Crippen LogP contribution is -2.40. The number of nitrogens with one attached hydrogen (secondary N) is 1. The topological polar surface area (TPSA) is 69.7 Å². The molecule has 8 heteroatoms. The maximum Gasteiger partial charge on any atom is 0.237 e. The van der Waals surface area contributed by atoms with Crippen LogP contribution >= 0.6 is 12.4 Å². The van der Waals surface area contributed by atoms with Gasteiger partial charge in [0, 0.05) is 19.1 Å². The molecule has 2 fully saturated rings. The zero-order valence-corrected chi connectivity index (χ0v) is 13.8. The van der Waals surface area contributed by atoms with Gasteiger partial charge in [-0.25, -0.2) is 13.1 Å². The zero-order valence-electron chi connectivity index (χ0n) is 12.2. The highest BCUT2D eigenvalue weighted by molar-refractivity contribution is 7.88. The SMILES string of the molecule is CN(C)[C@H]1CN(C(=O)CNS(C)(=O)=O)C[C@@H]1C1CC1.Cl. The Morgan fingerprint density at radius 2 is 1.90 bits per heavy atom. The standard InChI is InChI=1S/C12H23N3O3S.ClH/c1-14(2)11-8-15(7-10(11)9-4-5-9)12(16)6-13-19(3,17)18;/h9-11,13H,4-8H2,1-3H3;1H/t10-,11+;/m1./s1. The number of carbonyl (C=O) groups is 1. The molecule has 1 aliphatic heterocycles. The van der Waals surface area contributed by atoms with Gasteiger partial charge in [-0.15, -0.1) is 12.4 Å². The highest BCUT2D eigenvalue weighted by Gasteiger charge is 2.44. The highest BCUT2D eigenvalue weighted by atomic mass is 35.5. The van der Waals surface area contributed by atoms with Gasteiger partial charge in [0.05, 0.1) is 12.8 Å². The van der Waals surface area contributed by atoms with Gasteiger partial charge in [0.2, 0.25) is 15.9 Å². The molecule has 0 bridgehead atoms. The molecule has 1 heterocycles. The summed E-state index contributed by atoms with van der Waals surface area (Å²) in [5.74, 6) is 1.16. The molecule has 1 N–H and O–H groups in total. The van der Waals surface area contributed by atoms with Crippen molar-refractivity contribution >= 4 is 28.3 Å². The van der Waals surface area contributed by atoms with Crippen LogP contribution in [0.25, 0.3) is 0 Å². The minimum absolute atomic E-state index is 0. The summed E-state index contributed by atoms with van der Waals surface area (Å²) < 4.78 is 24.3. The lowest BCUT2D eigenvalue weighted by atomic mass is 9.97. The molecule has 0 aromatic carbocycles. The van der Waals surface area contributed by atoms with Gasteiger partial charge in [0.1, 0.15) is 0 Å². The number of sulfonamides is 1. The molecule has 1 saturated carbocycles. The largest absolute Gasteiger partial charge is 0.340 e. The van der Waals surface area contributed by atoms with Gasteiger partial charge < -0.3 is 9.80 Å². The summed E-state index contributed by atoms with van der Waals surface area (Å²) in [6.45, 7) is 1.34. The molecule has 2 aliphatic rings. The van der Waals surface area contributed by atoms with Gasteiger partial charge in [0.15, 0.2) is 0 Å². The molecule has 118 valence electrons. The van der Waals surface area contributed by atoms with Gasteiger partial charge in [-0.05, 0) is 38.8 Å². The third-order valence-electron chi connectivity index (χ3n) is 4.06. The number of halogens is 1. The number of hydrogen-bond donors (Lipinski definition) is 1.